The smallest absolute Gasteiger partial charge is 0.257 e. The lowest BCUT2D eigenvalue weighted by Gasteiger charge is -2.24. The molecule has 0 spiro atoms. The van der Waals surface area contributed by atoms with Crippen LogP contribution in [0.2, 0.25) is 0 Å². The molecule has 212 valence electrons. The van der Waals surface area contributed by atoms with Gasteiger partial charge in [0.15, 0.2) is 0 Å². The first kappa shape index (κ1) is 28.7. The first-order valence-corrected chi connectivity index (χ1v) is 14.7. The first-order chi connectivity index (χ1) is 20.5. The Bertz CT molecular complexity index is 1680. The van der Waals surface area contributed by atoms with Crippen molar-refractivity contribution in [3.8, 4) is 0 Å². The summed E-state index contributed by atoms with van der Waals surface area (Å²) >= 11 is 0. The van der Waals surface area contributed by atoms with Crippen molar-refractivity contribution >= 4 is 28.2 Å². The van der Waals surface area contributed by atoms with Crippen LogP contribution in [0.3, 0.4) is 0 Å². The molecule has 0 bridgehead atoms. The third kappa shape index (κ3) is 6.26. The molecular weight excluding hydrogens is 516 g/mol. The quantitative estimate of drug-likeness (QED) is 0.205. The fraction of sp³-hybridized carbons (Fsp3) is 0.216. The Morgan fingerprint density at radius 3 is 2.45 bits per heavy atom. The lowest BCUT2D eigenvalue weighted by atomic mass is 9.81. The summed E-state index contributed by atoms with van der Waals surface area (Å²) < 4.78 is 0. The average Bonchev–Trinajstić information content (AvgIpc) is 3.02. The number of pyridine rings is 2. The van der Waals surface area contributed by atoms with Crippen molar-refractivity contribution in [2.24, 2.45) is 0 Å². The Balaban J connectivity index is 1.42. The largest absolute Gasteiger partial charge is 0.368 e. The Labute approximate surface area is 248 Å². The monoisotopic (exact) mass is 554 g/mol. The lowest BCUT2D eigenvalue weighted by molar-refractivity contribution is -0.111. The molecule has 2 aromatic heterocycles. The van der Waals surface area contributed by atoms with Crippen molar-refractivity contribution in [2.75, 3.05) is 5.32 Å². The second-order valence-electron chi connectivity index (χ2n) is 10.6. The zero-order valence-corrected chi connectivity index (χ0v) is 24.5. The SMILES string of the molecule is C=CN/C=C1/C(=C)CCC/C1=C(\C(=O)Nc1ccc(Cc2ccnc3cc(CC)c(CC)cc23)cn1)c1ccccc1. The summed E-state index contributed by atoms with van der Waals surface area (Å²) in [6.07, 6.45) is 12.6. The molecule has 2 N–H and O–H groups in total. The van der Waals surface area contributed by atoms with Gasteiger partial charge in [0.25, 0.3) is 5.91 Å². The topological polar surface area (TPSA) is 66.9 Å². The van der Waals surface area contributed by atoms with Gasteiger partial charge >= 0.3 is 0 Å². The Hall–Kier alpha value is -4.77. The minimum atomic E-state index is -0.186. The van der Waals surface area contributed by atoms with Crippen LogP contribution in [0.25, 0.3) is 16.5 Å². The fourth-order valence-corrected chi connectivity index (χ4v) is 5.75. The van der Waals surface area contributed by atoms with Crippen LogP contribution >= 0.6 is 0 Å². The van der Waals surface area contributed by atoms with Crippen LogP contribution in [0, 0.1) is 0 Å². The molecule has 1 amide bonds. The number of carbonyl (C=O) groups is 1. The van der Waals surface area contributed by atoms with Crippen molar-refractivity contribution in [1.29, 1.82) is 0 Å². The third-order valence-corrected chi connectivity index (χ3v) is 7.92. The van der Waals surface area contributed by atoms with Crippen LogP contribution in [-0.2, 0) is 24.1 Å². The first-order valence-electron chi connectivity index (χ1n) is 14.7. The van der Waals surface area contributed by atoms with Crippen molar-refractivity contribution in [3.63, 3.8) is 0 Å². The van der Waals surface area contributed by atoms with Gasteiger partial charge in [0.1, 0.15) is 5.82 Å². The van der Waals surface area contributed by atoms with Crippen molar-refractivity contribution < 1.29 is 4.79 Å². The van der Waals surface area contributed by atoms with Crippen LogP contribution < -0.4 is 10.6 Å². The minimum absolute atomic E-state index is 0.186. The number of benzene rings is 2. The number of hydrogen-bond donors (Lipinski definition) is 2. The van der Waals surface area contributed by atoms with E-state index in [1.165, 1.54) is 22.1 Å². The maximum Gasteiger partial charge on any atom is 0.257 e. The molecular formula is C37H38N4O. The number of nitrogens with one attached hydrogen (secondary N) is 2. The van der Waals surface area contributed by atoms with E-state index in [1.807, 2.05) is 61.1 Å². The summed E-state index contributed by atoms with van der Waals surface area (Å²) in [7, 11) is 0. The third-order valence-electron chi connectivity index (χ3n) is 7.92. The molecule has 0 atom stereocenters. The Morgan fingerprint density at radius 1 is 0.952 bits per heavy atom. The number of hydrogen-bond acceptors (Lipinski definition) is 4. The molecule has 1 aliphatic carbocycles. The molecule has 0 unspecified atom stereocenters. The molecule has 1 fully saturated rings. The second-order valence-corrected chi connectivity index (χ2v) is 10.6. The Morgan fingerprint density at radius 2 is 1.74 bits per heavy atom. The minimum Gasteiger partial charge on any atom is -0.368 e. The van der Waals surface area contributed by atoms with Crippen molar-refractivity contribution in [3.05, 3.63) is 143 Å². The molecule has 0 saturated heterocycles. The van der Waals surface area contributed by atoms with E-state index < -0.39 is 0 Å². The molecule has 5 rings (SSSR count). The molecule has 1 aliphatic rings. The number of aromatic nitrogens is 2. The number of allylic oxidation sites excluding steroid dienone is 3. The number of fused-ring (bicyclic) bond motifs is 1. The molecule has 1 saturated carbocycles. The normalized spacial score (nSPS) is 15.5. The van der Waals surface area contributed by atoms with E-state index in [2.05, 4.69) is 65.8 Å². The van der Waals surface area contributed by atoms with Crippen LogP contribution in [0.15, 0.2) is 115 Å². The highest BCUT2D eigenvalue weighted by molar-refractivity contribution is 6.26. The number of amides is 1. The molecule has 2 aromatic carbocycles. The van der Waals surface area contributed by atoms with Crippen LogP contribution in [-0.4, -0.2) is 15.9 Å². The van der Waals surface area contributed by atoms with Crippen LogP contribution in [0.4, 0.5) is 5.82 Å². The summed E-state index contributed by atoms with van der Waals surface area (Å²) in [6.45, 7) is 12.4. The van der Waals surface area contributed by atoms with E-state index in [-0.39, 0.29) is 5.91 Å². The summed E-state index contributed by atoms with van der Waals surface area (Å²) in [5.41, 5.74) is 10.5. The summed E-state index contributed by atoms with van der Waals surface area (Å²) in [5, 5.41) is 7.33. The predicted octanol–water partition coefficient (Wildman–Crippen LogP) is 8.09. The summed E-state index contributed by atoms with van der Waals surface area (Å²) in [4.78, 5) is 23.1. The van der Waals surface area contributed by atoms with Gasteiger partial charge in [-0.3, -0.25) is 9.78 Å². The molecule has 42 heavy (non-hydrogen) atoms. The van der Waals surface area contributed by atoms with Gasteiger partial charge in [-0.1, -0.05) is 63.4 Å². The second kappa shape index (κ2) is 13.3. The van der Waals surface area contributed by atoms with E-state index in [0.29, 0.717) is 11.4 Å². The maximum atomic E-state index is 13.9. The van der Waals surface area contributed by atoms with Gasteiger partial charge in [-0.2, -0.15) is 0 Å². The maximum absolute atomic E-state index is 13.9. The van der Waals surface area contributed by atoms with Crippen LogP contribution in [0.5, 0.6) is 0 Å². The van der Waals surface area contributed by atoms with E-state index in [9.17, 15) is 4.79 Å². The lowest BCUT2D eigenvalue weighted by Crippen LogP contribution is -2.19. The van der Waals surface area contributed by atoms with E-state index >= 15 is 0 Å². The number of aryl methyl sites for hydroxylation is 2. The number of carbonyl (C=O) groups excluding carboxylic acids is 1. The van der Waals surface area contributed by atoms with E-state index in [1.54, 1.807) is 6.20 Å². The van der Waals surface area contributed by atoms with Gasteiger partial charge in [0.2, 0.25) is 0 Å². The number of nitrogens with zero attached hydrogens (tertiary/aromatic N) is 2. The van der Waals surface area contributed by atoms with Crippen molar-refractivity contribution in [2.45, 2.75) is 52.4 Å². The summed E-state index contributed by atoms with van der Waals surface area (Å²) in [5.74, 6) is 0.331. The molecule has 0 aliphatic heterocycles. The zero-order valence-electron chi connectivity index (χ0n) is 24.5. The number of anilines is 1. The van der Waals surface area contributed by atoms with E-state index in [4.69, 9.17) is 0 Å². The highest BCUT2D eigenvalue weighted by Crippen LogP contribution is 2.37. The number of rotatable bonds is 9. The highest BCUT2D eigenvalue weighted by atomic mass is 16.1. The van der Waals surface area contributed by atoms with Crippen molar-refractivity contribution in [1.82, 2.24) is 15.3 Å². The molecule has 5 nitrogen and oxygen atoms in total. The van der Waals surface area contributed by atoms with Crippen LogP contribution in [0.1, 0.15) is 60.9 Å². The highest BCUT2D eigenvalue weighted by Gasteiger charge is 2.24. The molecule has 4 aromatic rings. The predicted molar refractivity (Wildman–Crippen MR) is 174 cm³/mol. The molecule has 2 heterocycles. The van der Waals surface area contributed by atoms with Gasteiger partial charge in [-0.25, -0.2) is 4.98 Å². The van der Waals surface area contributed by atoms with Gasteiger partial charge < -0.3 is 10.6 Å². The van der Waals surface area contributed by atoms with Gasteiger partial charge in [-0.05, 0) is 114 Å². The standard InChI is InChI=1S/C37H38N4O/c1-5-27-21-32-30(18-19-39-34(32)22-28(27)6-2)20-26-16-17-35(40-23-26)41-37(42)36(29-13-9-8-10-14-29)31-15-11-12-25(4)33(31)24-38-7-3/h7-10,13-14,16-19,21-24,38H,3-6,11-12,15,20H2,1-2H3,(H,40,41,42)/b33-24-,36-31+. The molecule has 5 heteroatoms. The fourth-order valence-electron chi connectivity index (χ4n) is 5.75. The Kier molecular flexibility index (Phi) is 9.08. The molecule has 0 radical (unpaired) electrons. The van der Waals surface area contributed by atoms with Gasteiger partial charge in [0, 0.05) is 24.0 Å². The average molecular weight is 555 g/mol. The zero-order chi connectivity index (χ0) is 29.5. The van der Waals surface area contributed by atoms with Gasteiger partial charge in [-0.15, -0.1) is 0 Å². The van der Waals surface area contributed by atoms with E-state index in [0.717, 1.165) is 71.9 Å². The summed E-state index contributed by atoms with van der Waals surface area (Å²) in [6, 6.07) is 20.3. The van der Waals surface area contributed by atoms with Gasteiger partial charge in [0.05, 0.1) is 11.1 Å².